The van der Waals surface area contributed by atoms with Gasteiger partial charge in [-0.3, -0.25) is 20.4 Å². The topological polar surface area (TPSA) is 58.2 Å². The normalized spacial score (nSPS) is 11.9. The van der Waals surface area contributed by atoms with Crippen molar-refractivity contribution in [2.45, 2.75) is 19.8 Å². The van der Waals surface area contributed by atoms with Crippen LogP contribution in [-0.4, -0.2) is 11.8 Å². The van der Waals surface area contributed by atoms with Crippen LogP contribution in [0.1, 0.15) is 35.7 Å². The molecule has 0 saturated carbocycles. The van der Waals surface area contributed by atoms with Crippen molar-refractivity contribution in [1.29, 1.82) is 0 Å². The highest BCUT2D eigenvalue weighted by Gasteiger charge is 2.24. The van der Waals surface area contributed by atoms with Crippen molar-refractivity contribution in [2.24, 2.45) is 5.92 Å². The van der Waals surface area contributed by atoms with E-state index in [-0.39, 0.29) is 17.4 Å². The first-order valence-corrected chi connectivity index (χ1v) is 7.88. The Morgan fingerprint density at radius 1 is 1.00 bits per heavy atom. The van der Waals surface area contributed by atoms with Gasteiger partial charge in [0.25, 0.3) is 5.91 Å². The monoisotopic (exact) mass is 348 g/mol. The molecule has 6 heteroatoms. The van der Waals surface area contributed by atoms with Gasteiger partial charge >= 0.3 is 0 Å². The van der Waals surface area contributed by atoms with E-state index in [1.807, 2.05) is 13.8 Å². The number of benzene rings is 2. The molecular weight excluding hydrogens is 331 g/mol. The van der Waals surface area contributed by atoms with Gasteiger partial charge in [-0.1, -0.05) is 49.7 Å². The summed E-state index contributed by atoms with van der Waals surface area (Å²) in [5.41, 5.74) is 5.27. The van der Waals surface area contributed by atoms with E-state index in [2.05, 4.69) is 10.9 Å². The number of halogens is 2. The van der Waals surface area contributed by atoms with Gasteiger partial charge in [0.2, 0.25) is 5.91 Å². The molecule has 24 heavy (non-hydrogen) atoms. The molecule has 1 unspecified atom stereocenters. The Morgan fingerprint density at radius 3 is 2.21 bits per heavy atom. The molecule has 2 N–H and O–H groups in total. The standard InChI is InChI=1S/C18H18ClFN2O2/c1-11(2)16(12-7-9-13(19)10-8-12)18(24)22-21-17(23)14-5-3-4-6-15(14)20/h3-11,16H,1-2H3,(H,21,23)(H,22,24). The predicted molar refractivity (Wildman–Crippen MR) is 91.0 cm³/mol. The Bertz CT molecular complexity index is 732. The van der Waals surface area contributed by atoms with E-state index in [9.17, 15) is 14.0 Å². The minimum Gasteiger partial charge on any atom is -0.273 e. The molecule has 0 aliphatic heterocycles. The van der Waals surface area contributed by atoms with Crippen LogP contribution in [0.5, 0.6) is 0 Å². The SMILES string of the molecule is CC(C)C(C(=O)NNC(=O)c1ccccc1F)c1ccc(Cl)cc1. The van der Waals surface area contributed by atoms with Gasteiger partial charge in [-0.25, -0.2) is 4.39 Å². The van der Waals surface area contributed by atoms with Crippen LogP contribution < -0.4 is 10.9 Å². The van der Waals surface area contributed by atoms with Crippen molar-refractivity contribution >= 4 is 23.4 Å². The molecule has 0 aromatic heterocycles. The zero-order chi connectivity index (χ0) is 17.7. The number of nitrogens with one attached hydrogen (secondary N) is 2. The third kappa shape index (κ3) is 4.32. The lowest BCUT2D eigenvalue weighted by molar-refractivity contribution is -0.124. The Labute approximate surface area is 145 Å². The van der Waals surface area contributed by atoms with Gasteiger partial charge in [-0.2, -0.15) is 0 Å². The van der Waals surface area contributed by atoms with Crippen LogP contribution >= 0.6 is 11.6 Å². The van der Waals surface area contributed by atoms with Gasteiger partial charge in [-0.15, -0.1) is 0 Å². The van der Waals surface area contributed by atoms with Crippen LogP contribution in [0, 0.1) is 11.7 Å². The number of amides is 2. The molecule has 1 atom stereocenters. The molecule has 0 bridgehead atoms. The molecular formula is C18H18ClFN2O2. The summed E-state index contributed by atoms with van der Waals surface area (Å²) in [4.78, 5) is 24.4. The van der Waals surface area contributed by atoms with Gasteiger partial charge < -0.3 is 0 Å². The Morgan fingerprint density at radius 2 is 1.62 bits per heavy atom. The van der Waals surface area contributed by atoms with E-state index in [0.29, 0.717) is 5.02 Å². The molecule has 126 valence electrons. The third-order valence-electron chi connectivity index (χ3n) is 3.60. The Hall–Kier alpha value is -2.40. The van der Waals surface area contributed by atoms with Crippen LogP contribution in [0.4, 0.5) is 4.39 Å². The zero-order valence-corrected chi connectivity index (χ0v) is 14.1. The van der Waals surface area contributed by atoms with Crippen molar-refractivity contribution in [3.8, 4) is 0 Å². The second kappa shape index (κ2) is 7.93. The lowest BCUT2D eigenvalue weighted by atomic mass is 9.88. The number of hydrogen-bond donors (Lipinski definition) is 2. The molecule has 0 aliphatic rings. The predicted octanol–water partition coefficient (Wildman–Crippen LogP) is 3.68. The van der Waals surface area contributed by atoms with Gasteiger partial charge in [0.1, 0.15) is 5.82 Å². The fraction of sp³-hybridized carbons (Fsp3) is 0.222. The summed E-state index contributed by atoms with van der Waals surface area (Å²) in [7, 11) is 0. The van der Waals surface area contributed by atoms with E-state index in [4.69, 9.17) is 11.6 Å². The van der Waals surface area contributed by atoms with E-state index in [1.165, 1.54) is 18.2 Å². The summed E-state index contributed by atoms with van der Waals surface area (Å²) >= 11 is 5.87. The second-order valence-electron chi connectivity index (χ2n) is 5.70. The Kier molecular flexibility index (Phi) is 5.93. The zero-order valence-electron chi connectivity index (χ0n) is 13.3. The fourth-order valence-corrected chi connectivity index (χ4v) is 2.54. The summed E-state index contributed by atoms with van der Waals surface area (Å²) in [6.45, 7) is 3.80. The average molecular weight is 349 g/mol. The van der Waals surface area contributed by atoms with E-state index < -0.39 is 17.6 Å². The minimum atomic E-state index is -0.708. The van der Waals surface area contributed by atoms with Crippen molar-refractivity contribution < 1.29 is 14.0 Å². The first-order chi connectivity index (χ1) is 11.4. The van der Waals surface area contributed by atoms with E-state index in [0.717, 1.165) is 5.56 Å². The maximum absolute atomic E-state index is 13.6. The number of hydrazine groups is 1. The summed E-state index contributed by atoms with van der Waals surface area (Å²) in [6.07, 6.45) is 0. The van der Waals surface area contributed by atoms with Gasteiger partial charge in [-0.05, 0) is 35.7 Å². The highest BCUT2D eigenvalue weighted by Crippen LogP contribution is 2.25. The Balaban J connectivity index is 2.07. The summed E-state index contributed by atoms with van der Waals surface area (Å²) in [5.74, 6) is -2.21. The van der Waals surface area contributed by atoms with Crippen molar-refractivity contribution in [1.82, 2.24) is 10.9 Å². The first kappa shape index (κ1) is 17.9. The summed E-state index contributed by atoms with van der Waals surface area (Å²) in [6, 6.07) is 12.5. The van der Waals surface area contributed by atoms with Crippen LogP contribution in [0.15, 0.2) is 48.5 Å². The molecule has 0 heterocycles. The third-order valence-corrected chi connectivity index (χ3v) is 3.85. The molecule has 0 saturated heterocycles. The summed E-state index contributed by atoms with van der Waals surface area (Å²) in [5, 5.41) is 0.578. The molecule has 2 amide bonds. The molecule has 2 rings (SSSR count). The van der Waals surface area contributed by atoms with Crippen LogP contribution in [-0.2, 0) is 4.79 Å². The number of hydrogen-bond acceptors (Lipinski definition) is 2. The molecule has 0 spiro atoms. The maximum atomic E-state index is 13.6. The quantitative estimate of drug-likeness (QED) is 0.828. The highest BCUT2D eigenvalue weighted by atomic mass is 35.5. The minimum absolute atomic E-state index is 0.00320. The highest BCUT2D eigenvalue weighted by molar-refractivity contribution is 6.30. The summed E-state index contributed by atoms with van der Waals surface area (Å²) < 4.78 is 13.6. The fourth-order valence-electron chi connectivity index (χ4n) is 2.42. The van der Waals surface area contributed by atoms with Gasteiger partial charge in [0, 0.05) is 5.02 Å². The first-order valence-electron chi connectivity index (χ1n) is 7.50. The van der Waals surface area contributed by atoms with Gasteiger partial charge in [0.15, 0.2) is 0 Å². The lowest BCUT2D eigenvalue weighted by Gasteiger charge is -2.21. The van der Waals surface area contributed by atoms with Crippen LogP contribution in [0.2, 0.25) is 5.02 Å². The number of carbonyl (C=O) groups excluding carboxylic acids is 2. The average Bonchev–Trinajstić information content (AvgIpc) is 2.55. The van der Waals surface area contributed by atoms with E-state index >= 15 is 0 Å². The molecule has 2 aromatic rings. The largest absolute Gasteiger partial charge is 0.273 e. The molecule has 0 aliphatic carbocycles. The van der Waals surface area contributed by atoms with Crippen molar-refractivity contribution in [2.75, 3.05) is 0 Å². The molecule has 0 radical (unpaired) electrons. The van der Waals surface area contributed by atoms with Crippen LogP contribution in [0.25, 0.3) is 0 Å². The van der Waals surface area contributed by atoms with Gasteiger partial charge in [0.05, 0.1) is 11.5 Å². The maximum Gasteiger partial charge on any atom is 0.272 e. The van der Waals surface area contributed by atoms with Crippen molar-refractivity contribution in [3.05, 3.63) is 70.5 Å². The lowest BCUT2D eigenvalue weighted by Crippen LogP contribution is -2.45. The molecule has 0 fully saturated rings. The second-order valence-corrected chi connectivity index (χ2v) is 6.13. The smallest absolute Gasteiger partial charge is 0.272 e. The number of carbonyl (C=O) groups is 2. The molecule has 2 aromatic carbocycles. The molecule has 4 nitrogen and oxygen atoms in total. The van der Waals surface area contributed by atoms with Crippen LogP contribution in [0.3, 0.4) is 0 Å². The van der Waals surface area contributed by atoms with E-state index in [1.54, 1.807) is 30.3 Å². The number of rotatable bonds is 4. The van der Waals surface area contributed by atoms with Crippen molar-refractivity contribution in [3.63, 3.8) is 0 Å².